The predicted molar refractivity (Wildman–Crippen MR) is 76.8 cm³/mol. The van der Waals surface area contributed by atoms with Crippen molar-refractivity contribution in [1.82, 2.24) is 5.32 Å². The molecule has 0 aliphatic carbocycles. The fraction of sp³-hybridized carbons (Fsp3) is 0.467. The molecule has 20 heavy (non-hydrogen) atoms. The van der Waals surface area contributed by atoms with Gasteiger partial charge in [-0.1, -0.05) is 6.07 Å². The first-order valence-corrected chi connectivity index (χ1v) is 6.75. The van der Waals surface area contributed by atoms with Gasteiger partial charge in [0.05, 0.1) is 6.61 Å². The lowest BCUT2D eigenvalue weighted by Gasteiger charge is -2.41. The predicted octanol–water partition coefficient (Wildman–Crippen LogP) is 1.72. The summed E-state index contributed by atoms with van der Waals surface area (Å²) in [5.74, 6) is 0.406. The fourth-order valence-corrected chi connectivity index (χ4v) is 2.29. The number of nitrogens with zero attached hydrogens (tertiary/aromatic N) is 1. The zero-order valence-electron chi connectivity index (χ0n) is 12.3. The third kappa shape index (κ3) is 2.48. The van der Waals surface area contributed by atoms with Crippen LogP contribution in [-0.2, 0) is 9.59 Å². The van der Waals surface area contributed by atoms with Gasteiger partial charge in [-0.2, -0.15) is 0 Å². The van der Waals surface area contributed by atoms with Crippen LogP contribution in [0.25, 0.3) is 0 Å². The second-order valence-corrected chi connectivity index (χ2v) is 5.40. The Morgan fingerprint density at radius 1 is 1.35 bits per heavy atom. The van der Waals surface area contributed by atoms with Crippen LogP contribution < -0.4 is 15.0 Å². The molecule has 108 valence electrons. The number of anilines is 1. The van der Waals surface area contributed by atoms with Crippen molar-refractivity contribution in [1.29, 1.82) is 0 Å². The molecule has 1 aliphatic heterocycles. The molecule has 1 fully saturated rings. The Kier molecular flexibility index (Phi) is 3.70. The summed E-state index contributed by atoms with van der Waals surface area (Å²) in [6.07, 6.45) is 0. The van der Waals surface area contributed by atoms with Crippen LogP contribution in [0.3, 0.4) is 0 Å². The largest absolute Gasteiger partial charge is 0.494 e. The van der Waals surface area contributed by atoms with Crippen molar-refractivity contribution in [3.63, 3.8) is 0 Å². The van der Waals surface area contributed by atoms with Crippen LogP contribution in [0.4, 0.5) is 5.69 Å². The van der Waals surface area contributed by atoms with Crippen LogP contribution in [0.1, 0.15) is 27.7 Å². The topological polar surface area (TPSA) is 58.6 Å². The number of carbonyl (C=O) groups excluding carboxylic acids is 2. The minimum atomic E-state index is -0.898. The van der Waals surface area contributed by atoms with Gasteiger partial charge in [0.1, 0.15) is 17.3 Å². The third-order valence-electron chi connectivity index (χ3n) is 3.36. The first-order chi connectivity index (χ1) is 9.36. The number of benzene rings is 1. The number of piperazine rings is 1. The number of amides is 2. The second-order valence-electron chi connectivity index (χ2n) is 5.40. The summed E-state index contributed by atoms with van der Waals surface area (Å²) in [6.45, 7) is 7.59. The molecule has 0 aromatic heterocycles. The maximum atomic E-state index is 12.5. The summed E-state index contributed by atoms with van der Waals surface area (Å²) in [5.41, 5.74) is -0.220. The van der Waals surface area contributed by atoms with Crippen molar-refractivity contribution in [2.45, 2.75) is 39.3 Å². The Hall–Kier alpha value is -2.04. The number of nitrogens with one attached hydrogen (secondary N) is 1. The number of rotatable bonds is 3. The van der Waals surface area contributed by atoms with Gasteiger partial charge in [0.15, 0.2) is 0 Å². The zero-order chi connectivity index (χ0) is 14.9. The monoisotopic (exact) mass is 276 g/mol. The molecule has 1 unspecified atom stereocenters. The van der Waals surface area contributed by atoms with Crippen LogP contribution in [0, 0.1) is 0 Å². The molecule has 0 radical (unpaired) electrons. The van der Waals surface area contributed by atoms with E-state index in [9.17, 15) is 9.59 Å². The standard InChI is InChI=1S/C15H20N2O3/c1-5-20-12-8-6-7-11(9-12)17-10(2)13(18)16-15(3,4)14(17)19/h6-10H,5H2,1-4H3,(H,16,18). The Morgan fingerprint density at radius 2 is 2.05 bits per heavy atom. The molecule has 0 bridgehead atoms. The molecule has 1 aromatic carbocycles. The molecule has 1 aromatic rings. The van der Waals surface area contributed by atoms with E-state index in [4.69, 9.17) is 4.74 Å². The van der Waals surface area contributed by atoms with Gasteiger partial charge in [-0.25, -0.2) is 0 Å². The summed E-state index contributed by atoms with van der Waals surface area (Å²) in [6, 6.07) is 6.71. The number of hydrogen-bond acceptors (Lipinski definition) is 3. The van der Waals surface area contributed by atoms with Gasteiger partial charge >= 0.3 is 0 Å². The summed E-state index contributed by atoms with van der Waals surface area (Å²) in [5, 5.41) is 2.73. The van der Waals surface area contributed by atoms with E-state index in [0.717, 1.165) is 0 Å². The average molecular weight is 276 g/mol. The van der Waals surface area contributed by atoms with E-state index in [1.165, 1.54) is 4.90 Å². The molecule has 0 spiro atoms. The van der Waals surface area contributed by atoms with Crippen molar-refractivity contribution in [3.8, 4) is 5.75 Å². The highest BCUT2D eigenvalue weighted by Gasteiger charge is 2.44. The molecular weight excluding hydrogens is 256 g/mol. The van der Waals surface area contributed by atoms with Crippen molar-refractivity contribution in [3.05, 3.63) is 24.3 Å². The number of ether oxygens (including phenoxy) is 1. The van der Waals surface area contributed by atoms with E-state index in [-0.39, 0.29) is 11.8 Å². The molecule has 1 heterocycles. The Morgan fingerprint density at radius 3 is 2.70 bits per heavy atom. The van der Waals surface area contributed by atoms with E-state index in [1.807, 2.05) is 25.1 Å². The molecule has 0 saturated carbocycles. The van der Waals surface area contributed by atoms with Gasteiger partial charge in [0.25, 0.3) is 5.91 Å². The summed E-state index contributed by atoms with van der Waals surface area (Å²) in [4.78, 5) is 26.1. The summed E-state index contributed by atoms with van der Waals surface area (Å²) >= 11 is 0. The molecule has 2 rings (SSSR count). The summed E-state index contributed by atoms with van der Waals surface area (Å²) < 4.78 is 5.45. The normalized spacial score (nSPS) is 21.6. The molecule has 2 amide bonds. The molecule has 5 nitrogen and oxygen atoms in total. The molecule has 5 heteroatoms. The molecule has 1 atom stereocenters. The van der Waals surface area contributed by atoms with Crippen molar-refractivity contribution in [2.75, 3.05) is 11.5 Å². The van der Waals surface area contributed by atoms with E-state index in [0.29, 0.717) is 18.0 Å². The average Bonchev–Trinajstić information content (AvgIpc) is 2.37. The Balaban J connectivity index is 2.40. The maximum Gasteiger partial charge on any atom is 0.252 e. The van der Waals surface area contributed by atoms with Gasteiger partial charge in [-0.05, 0) is 39.8 Å². The first kappa shape index (κ1) is 14.4. The van der Waals surface area contributed by atoms with Gasteiger partial charge < -0.3 is 10.1 Å². The van der Waals surface area contributed by atoms with Crippen molar-refractivity contribution < 1.29 is 14.3 Å². The van der Waals surface area contributed by atoms with Crippen molar-refractivity contribution in [2.24, 2.45) is 0 Å². The molecule has 1 N–H and O–H groups in total. The molecule has 1 saturated heterocycles. The van der Waals surface area contributed by atoms with Crippen molar-refractivity contribution >= 4 is 17.5 Å². The zero-order valence-corrected chi connectivity index (χ0v) is 12.3. The van der Waals surface area contributed by atoms with Crippen LogP contribution in [0.2, 0.25) is 0 Å². The lowest BCUT2D eigenvalue weighted by molar-refractivity contribution is -0.136. The van der Waals surface area contributed by atoms with Crippen LogP contribution >= 0.6 is 0 Å². The van der Waals surface area contributed by atoms with Gasteiger partial charge in [0, 0.05) is 11.8 Å². The van der Waals surface area contributed by atoms with Crippen LogP contribution in [-0.4, -0.2) is 30.0 Å². The minimum Gasteiger partial charge on any atom is -0.494 e. The minimum absolute atomic E-state index is 0.127. The van der Waals surface area contributed by atoms with Crippen LogP contribution in [0.5, 0.6) is 5.75 Å². The fourth-order valence-electron chi connectivity index (χ4n) is 2.29. The van der Waals surface area contributed by atoms with E-state index < -0.39 is 11.6 Å². The number of carbonyl (C=O) groups is 2. The number of hydrogen-bond donors (Lipinski definition) is 1. The van der Waals surface area contributed by atoms with E-state index in [2.05, 4.69) is 5.32 Å². The Labute approximate surface area is 118 Å². The third-order valence-corrected chi connectivity index (χ3v) is 3.36. The Bertz CT molecular complexity index is 540. The van der Waals surface area contributed by atoms with Gasteiger partial charge in [-0.15, -0.1) is 0 Å². The quantitative estimate of drug-likeness (QED) is 0.914. The lowest BCUT2D eigenvalue weighted by Crippen LogP contribution is -2.67. The molecular formula is C15H20N2O3. The van der Waals surface area contributed by atoms with Gasteiger partial charge in [0.2, 0.25) is 5.91 Å². The highest BCUT2D eigenvalue weighted by molar-refractivity contribution is 6.10. The first-order valence-electron chi connectivity index (χ1n) is 6.75. The maximum absolute atomic E-state index is 12.5. The van der Waals surface area contributed by atoms with E-state index >= 15 is 0 Å². The summed E-state index contributed by atoms with van der Waals surface area (Å²) in [7, 11) is 0. The smallest absolute Gasteiger partial charge is 0.252 e. The SMILES string of the molecule is CCOc1cccc(N2C(=O)C(C)(C)NC(=O)C2C)c1. The van der Waals surface area contributed by atoms with E-state index in [1.54, 1.807) is 26.8 Å². The highest BCUT2D eigenvalue weighted by atomic mass is 16.5. The highest BCUT2D eigenvalue weighted by Crippen LogP contribution is 2.28. The molecule has 1 aliphatic rings. The second kappa shape index (κ2) is 5.15. The van der Waals surface area contributed by atoms with Gasteiger partial charge in [-0.3, -0.25) is 14.5 Å². The van der Waals surface area contributed by atoms with Crippen LogP contribution in [0.15, 0.2) is 24.3 Å². The lowest BCUT2D eigenvalue weighted by atomic mass is 9.96.